The molecule has 0 unspecified atom stereocenters. The first-order valence-corrected chi connectivity index (χ1v) is 8.23. The number of carbonyl (C=O) groups excluding carboxylic acids is 1. The van der Waals surface area contributed by atoms with Gasteiger partial charge in [0.2, 0.25) is 0 Å². The fraction of sp³-hybridized carbons (Fsp3) is 0.200. The first kappa shape index (κ1) is 17.5. The molecular weight excluding hydrogens is 332 g/mol. The summed E-state index contributed by atoms with van der Waals surface area (Å²) in [5, 5.41) is 0. The number of amidine groups is 1. The van der Waals surface area contributed by atoms with Crippen LogP contribution in [-0.4, -0.2) is 37.6 Å². The van der Waals surface area contributed by atoms with Crippen LogP contribution in [0.4, 0.5) is 5.69 Å². The average molecular weight is 352 g/mol. The summed E-state index contributed by atoms with van der Waals surface area (Å²) in [5.41, 5.74) is 1.49. The number of nitrogens with zero attached hydrogens (tertiary/aromatic N) is 2. The molecule has 0 bridgehead atoms. The number of para-hydroxylation sites is 1. The van der Waals surface area contributed by atoms with Crippen LogP contribution in [0.5, 0.6) is 11.5 Å². The van der Waals surface area contributed by atoms with Crippen molar-refractivity contribution < 1.29 is 19.0 Å². The minimum absolute atomic E-state index is 0.216. The van der Waals surface area contributed by atoms with Gasteiger partial charge in [-0.05, 0) is 42.8 Å². The molecule has 0 radical (unpaired) electrons. The van der Waals surface area contributed by atoms with Crippen molar-refractivity contribution >= 4 is 23.7 Å². The Morgan fingerprint density at radius 3 is 2.46 bits per heavy atom. The third-order valence-electron chi connectivity index (χ3n) is 3.89. The number of aliphatic imine (C=N–C) groups is 1. The lowest BCUT2D eigenvalue weighted by Gasteiger charge is -2.09. The molecule has 1 amide bonds. The molecule has 0 N–H and O–H groups in total. The third-order valence-corrected chi connectivity index (χ3v) is 3.89. The first-order chi connectivity index (χ1) is 12.7. The number of likely N-dealkylation sites (N-methyl/N-ethyl adjacent to an activating group) is 1. The summed E-state index contributed by atoms with van der Waals surface area (Å²) in [6.07, 6.45) is 1.67. The normalized spacial score (nSPS) is 16.9. The molecule has 134 valence electrons. The van der Waals surface area contributed by atoms with Crippen molar-refractivity contribution in [3.63, 3.8) is 0 Å². The van der Waals surface area contributed by atoms with E-state index in [0.717, 1.165) is 11.3 Å². The number of hydrogen-bond donors (Lipinski definition) is 0. The highest BCUT2D eigenvalue weighted by Crippen LogP contribution is 2.29. The monoisotopic (exact) mass is 352 g/mol. The fourth-order valence-corrected chi connectivity index (χ4v) is 2.58. The highest BCUT2D eigenvalue weighted by Gasteiger charge is 2.33. The highest BCUT2D eigenvalue weighted by molar-refractivity contribution is 6.11. The van der Waals surface area contributed by atoms with E-state index in [4.69, 9.17) is 14.2 Å². The molecule has 0 spiro atoms. The van der Waals surface area contributed by atoms with Crippen LogP contribution in [0.15, 0.2) is 59.3 Å². The van der Waals surface area contributed by atoms with Crippen LogP contribution in [-0.2, 0) is 9.53 Å². The standard InChI is InChI=1S/C20H20N2O4/c1-4-22-19(23)18(26-20(22)21-15-8-6-5-7-9-15)13-14-10-11-16(24-2)17(12-14)25-3/h5-13H,4H2,1-3H3. The Morgan fingerprint density at radius 2 is 1.81 bits per heavy atom. The topological polar surface area (TPSA) is 60.4 Å². The number of rotatable bonds is 5. The summed E-state index contributed by atoms with van der Waals surface area (Å²) < 4.78 is 16.3. The molecule has 0 atom stereocenters. The minimum Gasteiger partial charge on any atom is -0.493 e. The molecule has 3 rings (SSSR count). The summed E-state index contributed by atoms with van der Waals surface area (Å²) in [4.78, 5) is 18.5. The first-order valence-electron chi connectivity index (χ1n) is 8.23. The Labute approximate surface area is 152 Å². The van der Waals surface area contributed by atoms with Gasteiger partial charge in [-0.2, -0.15) is 4.99 Å². The maximum Gasteiger partial charge on any atom is 0.305 e. The highest BCUT2D eigenvalue weighted by atomic mass is 16.5. The van der Waals surface area contributed by atoms with Gasteiger partial charge in [-0.3, -0.25) is 9.69 Å². The second-order valence-corrected chi connectivity index (χ2v) is 5.50. The van der Waals surface area contributed by atoms with E-state index < -0.39 is 0 Å². The van der Waals surface area contributed by atoms with Gasteiger partial charge in [0.1, 0.15) is 0 Å². The van der Waals surface area contributed by atoms with Crippen LogP contribution < -0.4 is 9.47 Å². The van der Waals surface area contributed by atoms with Crippen molar-refractivity contribution in [1.29, 1.82) is 0 Å². The lowest BCUT2D eigenvalue weighted by Crippen LogP contribution is -2.29. The van der Waals surface area contributed by atoms with Gasteiger partial charge >= 0.3 is 6.02 Å². The summed E-state index contributed by atoms with van der Waals surface area (Å²) >= 11 is 0. The van der Waals surface area contributed by atoms with E-state index >= 15 is 0 Å². The number of hydrogen-bond acceptors (Lipinski definition) is 5. The van der Waals surface area contributed by atoms with E-state index in [0.29, 0.717) is 18.0 Å². The molecule has 0 aromatic heterocycles. The Balaban J connectivity index is 1.92. The molecule has 1 saturated heterocycles. The van der Waals surface area contributed by atoms with E-state index in [1.54, 1.807) is 32.4 Å². The van der Waals surface area contributed by atoms with Gasteiger partial charge in [0.15, 0.2) is 17.3 Å². The van der Waals surface area contributed by atoms with E-state index in [2.05, 4.69) is 4.99 Å². The molecular formula is C20H20N2O4. The van der Waals surface area contributed by atoms with Crippen LogP contribution in [0.25, 0.3) is 6.08 Å². The van der Waals surface area contributed by atoms with E-state index in [9.17, 15) is 4.79 Å². The Morgan fingerprint density at radius 1 is 1.08 bits per heavy atom. The zero-order valence-corrected chi connectivity index (χ0v) is 14.9. The Kier molecular flexibility index (Phi) is 5.22. The fourth-order valence-electron chi connectivity index (χ4n) is 2.58. The molecule has 6 nitrogen and oxygen atoms in total. The zero-order chi connectivity index (χ0) is 18.5. The predicted octanol–water partition coefficient (Wildman–Crippen LogP) is 3.61. The average Bonchev–Trinajstić information content (AvgIpc) is 2.96. The molecule has 1 fully saturated rings. The quantitative estimate of drug-likeness (QED) is 0.771. The molecule has 26 heavy (non-hydrogen) atoms. The van der Waals surface area contributed by atoms with E-state index in [1.165, 1.54) is 4.90 Å². The summed E-state index contributed by atoms with van der Waals surface area (Å²) in [6.45, 7) is 2.34. The molecule has 0 saturated carbocycles. The van der Waals surface area contributed by atoms with E-state index in [1.807, 2.05) is 43.3 Å². The van der Waals surface area contributed by atoms with Crippen LogP contribution in [0.2, 0.25) is 0 Å². The lowest BCUT2D eigenvalue weighted by atomic mass is 10.1. The number of methoxy groups -OCH3 is 2. The van der Waals surface area contributed by atoms with Crippen molar-refractivity contribution in [3.8, 4) is 11.5 Å². The van der Waals surface area contributed by atoms with Gasteiger partial charge in [0, 0.05) is 6.54 Å². The van der Waals surface area contributed by atoms with Crippen LogP contribution in [0, 0.1) is 0 Å². The lowest BCUT2D eigenvalue weighted by molar-refractivity contribution is -0.122. The van der Waals surface area contributed by atoms with Crippen molar-refractivity contribution in [2.24, 2.45) is 4.99 Å². The van der Waals surface area contributed by atoms with Crippen LogP contribution in [0.3, 0.4) is 0 Å². The third kappa shape index (κ3) is 3.54. The largest absolute Gasteiger partial charge is 0.493 e. The Bertz CT molecular complexity index is 859. The summed E-state index contributed by atoms with van der Waals surface area (Å²) in [7, 11) is 3.14. The van der Waals surface area contributed by atoms with Gasteiger partial charge in [-0.15, -0.1) is 0 Å². The molecule has 1 aliphatic heterocycles. The second-order valence-electron chi connectivity index (χ2n) is 5.50. The van der Waals surface area contributed by atoms with Crippen molar-refractivity contribution in [3.05, 3.63) is 59.9 Å². The van der Waals surface area contributed by atoms with Gasteiger partial charge in [-0.25, -0.2) is 0 Å². The minimum atomic E-state index is -0.225. The molecule has 2 aromatic rings. The maximum atomic E-state index is 12.6. The van der Waals surface area contributed by atoms with Gasteiger partial charge < -0.3 is 14.2 Å². The maximum absolute atomic E-state index is 12.6. The number of ether oxygens (including phenoxy) is 3. The smallest absolute Gasteiger partial charge is 0.305 e. The molecule has 1 aliphatic rings. The van der Waals surface area contributed by atoms with Crippen molar-refractivity contribution in [1.82, 2.24) is 4.90 Å². The molecule has 2 aromatic carbocycles. The SMILES string of the molecule is CCN1C(=O)C(=Cc2ccc(OC)c(OC)c2)OC1=Nc1ccccc1. The van der Waals surface area contributed by atoms with Crippen LogP contribution >= 0.6 is 0 Å². The van der Waals surface area contributed by atoms with Crippen LogP contribution in [0.1, 0.15) is 12.5 Å². The molecule has 6 heteroatoms. The Hall–Kier alpha value is -3.28. The predicted molar refractivity (Wildman–Crippen MR) is 99.5 cm³/mol. The molecule has 1 heterocycles. The second kappa shape index (κ2) is 7.74. The van der Waals surface area contributed by atoms with E-state index in [-0.39, 0.29) is 17.7 Å². The number of carbonyl (C=O) groups is 1. The van der Waals surface area contributed by atoms with Crippen molar-refractivity contribution in [2.75, 3.05) is 20.8 Å². The van der Waals surface area contributed by atoms with Gasteiger partial charge in [-0.1, -0.05) is 24.3 Å². The number of benzene rings is 2. The van der Waals surface area contributed by atoms with Gasteiger partial charge in [0.05, 0.1) is 19.9 Å². The van der Waals surface area contributed by atoms with Crippen molar-refractivity contribution in [2.45, 2.75) is 6.92 Å². The van der Waals surface area contributed by atoms with Gasteiger partial charge in [0.25, 0.3) is 5.91 Å². The summed E-state index contributed by atoms with van der Waals surface area (Å²) in [5.74, 6) is 1.19. The number of amides is 1. The molecule has 0 aliphatic carbocycles. The zero-order valence-electron chi connectivity index (χ0n) is 14.9. The summed E-state index contributed by atoms with van der Waals surface area (Å²) in [6, 6.07) is 15.0.